The molecule has 0 radical (unpaired) electrons. The van der Waals surface area contributed by atoms with Crippen LogP contribution < -0.4 is 0 Å². The molecular weight excluding hydrogens is 216 g/mol. The minimum absolute atomic E-state index is 0.554. The van der Waals surface area contributed by atoms with Crippen molar-refractivity contribution in [1.82, 2.24) is 4.90 Å². The first-order valence-corrected chi connectivity index (χ1v) is 6.60. The molecule has 0 saturated heterocycles. The van der Waals surface area contributed by atoms with Crippen LogP contribution in [0.3, 0.4) is 0 Å². The van der Waals surface area contributed by atoms with Gasteiger partial charge in [0.25, 0.3) is 0 Å². The summed E-state index contributed by atoms with van der Waals surface area (Å²) >= 11 is 7.67. The lowest BCUT2D eigenvalue weighted by atomic mass is 9.91. The molecule has 0 aromatic heterocycles. The summed E-state index contributed by atoms with van der Waals surface area (Å²) in [6, 6.07) is 1.18. The Balaban J connectivity index is 1.88. The average Bonchev–Trinajstić information content (AvgIpc) is 2.75. The van der Waals surface area contributed by atoms with Gasteiger partial charge in [-0.3, -0.25) is 4.99 Å². The molecule has 2 heterocycles. The highest BCUT2D eigenvalue weighted by atomic mass is 35.5. The van der Waals surface area contributed by atoms with Crippen LogP contribution >= 0.6 is 23.4 Å². The van der Waals surface area contributed by atoms with E-state index in [1.54, 1.807) is 11.8 Å². The number of fused-ring (bicyclic) bond motifs is 3. The van der Waals surface area contributed by atoms with Crippen LogP contribution in [0.15, 0.2) is 16.1 Å². The third kappa shape index (κ3) is 1.22. The van der Waals surface area contributed by atoms with Gasteiger partial charge in [-0.25, -0.2) is 0 Å². The van der Waals surface area contributed by atoms with E-state index >= 15 is 0 Å². The van der Waals surface area contributed by atoms with Gasteiger partial charge in [0.15, 0.2) is 5.17 Å². The van der Waals surface area contributed by atoms with E-state index in [1.165, 1.54) is 36.5 Å². The molecule has 1 aliphatic carbocycles. The Labute approximate surface area is 93.4 Å². The normalized spacial score (nSPS) is 35.1. The molecule has 2 aliphatic heterocycles. The molecule has 3 aliphatic rings. The molecule has 0 bridgehead atoms. The summed E-state index contributed by atoms with van der Waals surface area (Å²) in [5.41, 5.74) is 1.25. The van der Waals surface area contributed by atoms with E-state index in [-0.39, 0.29) is 0 Å². The topological polar surface area (TPSA) is 15.6 Å². The van der Waals surface area contributed by atoms with E-state index in [0.29, 0.717) is 18.0 Å². The van der Waals surface area contributed by atoms with Crippen LogP contribution in [0.1, 0.15) is 25.7 Å². The molecule has 4 heteroatoms. The van der Waals surface area contributed by atoms with Crippen molar-refractivity contribution < 1.29 is 0 Å². The predicted octanol–water partition coefficient (Wildman–Crippen LogP) is 2.80. The smallest absolute Gasteiger partial charge is 0.168 e. The summed E-state index contributed by atoms with van der Waals surface area (Å²) in [6.07, 6.45) is 5.24. The van der Waals surface area contributed by atoms with Gasteiger partial charge in [0.05, 0.1) is 18.0 Å². The zero-order valence-electron chi connectivity index (χ0n) is 7.95. The van der Waals surface area contributed by atoms with Gasteiger partial charge in [-0.1, -0.05) is 24.6 Å². The van der Waals surface area contributed by atoms with Crippen LogP contribution in [-0.2, 0) is 0 Å². The molecule has 1 fully saturated rings. The molecule has 0 amide bonds. The lowest BCUT2D eigenvalue weighted by molar-refractivity contribution is 0.285. The SMILES string of the molecule is ClCC1=CSC2=N[C@H]3CCCC[C@@H]3N12. The maximum absolute atomic E-state index is 5.93. The number of hydrogen-bond acceptors (Lipinski definition) is 3. The number of thioether (sulfide) groups is 1. The molecule has 0 spiro atoms. The molecular formula is C10H13ClN2S. The van der Waals surface area contributed by atoms with Crippen LogP contribution in [0.2, 0.25) is 0 Å². The lowest BCUT2D eigenvalue weighted by Gasteiger charge is -2.31. The van der Waals surface area contributed by atoms with E-state index in [0.717, 1.165) is 0 Å². The maximum Gasteiger partial charge on any atom is 0.168 e. The Morgan fingerprint density at radius 1 is 1.50 bits per heavy atom. The van der Waals surface area contributed by atoms with Gasteiger partial charge in [-0.15, -0.1) is 11.6 Å². The van der Waals surface area contributed by atoms with Crippen molar-refractivity contribution in [3.8, 4) is 0 Å². The minimum atomic E-state index is 0.554. The largest absolute Gasteiger partial charge is 0.318 e. The fourth-order valence-corrected chi connectivity index (χ4v) is 3.88. The second kappa shape index (κ2) is 3.46. The third-order valence-corrected chi connectivity index (χ3v) is 4.43. The van der Waals surface area contributed by atoms with Crippen LogP contribution in [0.25, 0.3) is 0 Å². The number of allylic oxidation sites excluding steroid dienone is 1. The molecule has 0 aromatic rings. The van der Waals surface area contributed by atoms with Crippen molar-refractivity contribution in [2.24, 2.45) is 4.99 Å². The first kappa shape index (κ1) is 9.10. The quantitative estimate of drug-likeness (QED) is 0.642. The van der Waals surface area contributed by atoms with Crippen molar-refractivity contribution in [1.29, 1.82) is 0 Å². The Morgan fingerprint density at radius 3 is 3.21 bits per heavy atom. The summed E-state index contributed by atoms with van der Waals surface area (Å²) in [5, 5.41) is 3.34. The van der Waals surface area contributed by atoms with Gasteiger partial charge >= 0.3 is 0 Å². The van der Waals surface area contributed by atoms with E-state index < -0.39 is 0 Å². The van der Waals surface area contributed by atoms with Crippen molar-refractivity contribution in [3.05, 3.63) is 11.1 Å². The number of nitrogens with zero attached hydrogens (tertiary/aromatic N) is 2. The van der Waals surface area contributed by atoms with Crippen molar-refractivity contribution in [2.75, 3.05) is 5.88 Å². The highest BCUT2D eigenvalue weighted by molar-refractivity contribution is 8.16. The number of halogens is 1. The Bertz CT molecular complexity index is 313. The molecule has 14 heavy (non-hydrogen) atoms. The monoisotopic (exact) mass is 228 g/mol. The van der Waals surface area contributed by atoms with Crippen molar-refractivity contribution >= 4 is 28.5 Å². The number of amidine groups is 1. The molecule has 1 saturated carbocycles. The van der Waals surface area contributed by atoms with Gasteiger partial charge < -0.3 is 4.90 Å². The number of rotatable bonds is 1. The van der Waals surface area contributed by atoms with Gasteiger partial charge in [0.2, 0.25) is 0 Å². The fraction of sp³-hybridized carbons (Fsp3) is 0.700. The second-order valence-electron chi connectivity index (χ2n) is 4.06. The summed E-state index contributed by atoms with van der Waals surface area (Å²) in [4.78, 5) is 7.14. The number of aliphatic imine (C=N–C) groups is 1. The highest BCUT2D eigenvalue weighted by Gasteiger charge is 2.41. The molecule has 2 atom stereocenters. The lowest BCUT2D eigenvalue weighted by Crippen LogP contribution is -2.38. The molecule has 0 N–H and O–H groups in total. The molecule has 76 valence electrons. The standard InChI is InChI=1S/C10H13ClN2S/c11-5-7-6-14-10-12-8-3-1-2-4-9(8)13(7)10/h6,8-9H,1-5H2/t8-,9-/m0/s1. The Hall–Kier alpha value is -0.150. The average molecular weight is 229 g/mol. The van der Waals surface area contributed by atoms with Crippen molar-refractivity contribution in [2.45, 2.75) is 37.8 Å². The van der Waals surface area contributed by atoms with Gasteiger partial charge in [-0.2, -0.15) is 0 Å². The van der Waals surface area contributed by atoms with Crippen LogP contribution in [0, 0.1) is 0 Å². The summed E-state index contributed by atoms with van der Waals surface area (Å²) < 4.78 is 0. The Kier molecular flexibility index (Phi) is 2.25. The zero-order chi connectivity index (χ0) is 9.54. The first-order valence-electron chi connectivity index (χ1n) is 5.19. The molecule has 2 nitrogen and oxygen atoms in total. The first-order chi connectivity index (χ1) is 6.90. The highest BCUT2D eigenvalue weighted by Crippen LogP contribution is 2.40. The Morgan fingerprint density at radius 2 is 2.36 bits per heavy atom. The third-order valence-electron chi connectivity index (χ3n) is 3.25. The molecule has 3 rings (SSSR count). The number of alkyl halides is 1. The summed E-state index contributed by atoms with van der Waals surface area (Å²) in [6.45, 7) is 0. The van der Waals surface area contributed by atoms with E-state index in [4.69, 9.17) is 16.6 Å². The molecule has 0 unspecified atom stereocenters. The van der Waals surface area contributed by atoms with Gasteiger partial charge in [0.1, 0.15) is 0 Å². The second-order valence-corrected chi connectivity index (χ2v) is 5.17. The predicted molar refractivity (Wildman–Crippen MR) is 61.7 cm³/mol. The molecule has 0 aromatic carbocycles. The minimum Gasteiger partial charge on any atom is -0.318 e. The summed E-state index contributed by atoms with van der Waals surface area (Å²) in [7, 11) is 0. The maximum atomic E-state index is 5.93. The van der Waals surface area contributed by atoms with Gasteiger partial charge in [-0.05, 0) is 18.2 Å². The van der Waals surface area contributed by atoms with Gasteiger partial charge in [0, 0.05) is 5.70 Å². The van der Waals surface area contributed by atoms with E-state index in [1.807, 2.05) is 0 Å². The van der Waals surface area contributed by atoms with E-state index in [9.17, 15) is 0 Å². The number of hydrogen-bond donors (Lipinski definition) is 0. The summed E-state index contributed by atoms with van der Waals surface area (Å²) in [5.74, 6) is 0.620. The van der Waals surface area contributed by atoms with Crippen LogP contribution in [-0.4, -0.2) is 28.0 Å². The van der Waals surface area contributed by atoms with Crippen LogP contribution in [0.4, 0.5) is 0 Å². The van der Waals surface area contributed by atoms with Crippen LogP contribution in [0.5, 0.6) is 0 Å². The van der Waals surface area contributed by atoms with Crippen molar-refractivity contribution in [3.63, 3.8) is 0 Å². The fourth-order valence-electron chi connectivity index (χ4n) is 2.59. The van der Waals surface area contributed by atoms with E-state index in [2.05, 4.69) is 10.3 Å². The zero-order valence-corrected chi connectivity index (χ0v) is 9.52.